The molecule has 0 radical (unpaired) electrons. The summed E-state index contributed by atoms with van der Waals surface area (Å²) in [6, 6.07) is 9.12. The van der Waals surface area contributed by atoms with E-state index >= 15 is 0 Å². The minimum Gasteiger partial charge on any atom is -0.478 e. The Morgan fingerprint density at radius 2 is 1.76 bits per heavy atom. The Bertz CT molecular complexity index is 875. The number of anilines is 1. The van der Waals surface area contributed by atoms with Gasteiger partial charge in [-0.2, -0.15) is 0 Å². The number of benzene rings is 2. The average Bonchev–Trinajstić information content (AvgIpc) is 3.41. The van der Waals surface area contributed by atoms with E-state index in [0.29, 0.717) is 11.1 Å². The van der Waals surface area contributed by atoms with Gasteiger partial charge in [0.2, 0.25) is 5.91 Å². The van der Waals surface area contributed by atoms with E-state index < -0.39 is 11.8 Å². The van der Waals surface area contributed by atoms with E-state index in [9.17, 15) is 19.1 Å². The highest BCUT2D eigenvalue weighted by Crippen LogP contribution is 2.31. The number of carboxylic acids is 1. The zero-order valence-electron chi connectivity index (χ0n) is 13.1. The molecule has 2 aromatic rings. The summed E-state index contributed by atoms with van der Waals surface area (Å²) in [4.78, 5) is 23.3. The Hall–Kier alpha value is -2.66. The molecule has 1 amide bonds. The Labute approximate surface area is 148 Å². The van der Waals surface area contributed by atoms with Gasteiger partial charge in [-0.05, 0) is 48.2 Å². The van der Waals surface area contributed by atoms with Crippen molar-refractivity contribution in [2.45, 2.75) is 12.8 Å². The van der Waals surface area contributed by atoms with Crippen molar-refractivity contribution in [3.05, 3.63) is 63.9 Å². The van der Waals surface area contributed by atoms with Crippen LogP contribution in [0, 0.1) is 11.7 Å². The molecule has 3 rings (SSSR count). The van der Waals surface area contributed by atoms with Crippen LogP contribution in [0.25, 0.3) is 12.2 Å². The van der Waals surface area contributed by atoms with Crippen molar-refractivity contribution in [1.29, 1.82) is 0 Å². The lowest BCUT2D eigenvalue weighted by Crippen LogP contribution is -2.16. The third kappa shape index (κ3) is 4.25. The molecule has 1 fully saturated rings. The maximum atomic E-state index is 13.4. The number of rotatable bonds is 5. The summed E-state index contributed by atoms with van der Waals surface area (Å²) in [5.74, 6) is -1.81. The van der Waals surface area contributed by atoms with Crippen LogP contribution in [0.2, 0.25) is 5.02 Å². The number of nitrogens with one attached hydrogen (secondary N) is 1. The zero-order valence-corrected chi connectivity index (χ0v) is 13.9. The van der Waals surface area contributed by atoms with Gasteiger partial charge in [0.15, 0.2) is 0 Å². The van der Waals surface area contributed by atoms with Crippen LogP contribution < -0.4 is 5.32 Å². The minimum absolute atomic E-state index is 0.0124. The minimum atomic E-state index is -1.13. The molecule has 0 heterocycles. The second-order valence-electron chi connectivity index (χ2n) is 5.88. The first-order chi connectivity index (χ1) is 11.9. The molecule has 4 nitrogen and oxygen atoms in total. The Morgan fingerprint density at radius 3 is 2.36 bits per heavy atom. The molecule has 1 saturated carbocycles. The number of hydrogen-bond acceptors (Lipinski definition) is 2. The second-order valence-corrected chi connectivity index (χ2v) is 6.29. The van der Waals surface area contributed by atoms with Crippen LogP contribution in [0.15, 0.2) is 36.4 Å². The van der Waals surface area contributed by atoms with E-state index in [2.05, 4.69) is 5.32 Å². The van der Waals surface area contributed by atoms with Crippen molar-refractivity contribution in [1.82, 2.24) is 0 Å². The van der Waals surface area contributed by atoms with Gasteiger partial charge >= 0.3 is 5.97 Å². The monoisotopic (exact) mass is 359 g/mol. The van der Waals surface area contributed by atoms with Crippen molar-refractivity contribution in [2.24, 2.45) is 5.92 Å². The number of amides is 1. The number of carbonyl (C=O) groups excluding carboxylic acids is 1. The molecule has 2 aromatic carbocycles. The van der Waals surface area contributed by atoms with E-state index in [1.807, 2.05) is 0 Å². The lowest BCUT2D eigenvalue weighted by molar-refractivity contribution is -0.117. The standard InChI is InChI=1S/C19H15ClFNO3/c20-15-7-3-12(10-16(15)21)2-1-11-4-8-17(14(9-11)19(24)25)22-18(23)13-5-6-13/h1-4,7-10,13H,5-6H2,(H,22,23)(H,24,25). The Kier molecular flexibility index (Phi) is 4.86. The van der Waals surface area contributed by atoms with E-state index in [0.717, 1.165) is 12.8 Å². The van der Waals surface area contributed by atoms with E-state index in [1.54, 1.807) is 30.4 Å². The summed E-state index contributed by atoms with van der Waals surface area (Å²) in [6.45, 7) is 0. The third-order valence-corrected chi connectivity index (χ3v) is 4.20. The number of carboxylic acid groups (broad SMARTS) is 1. The molecule has 25 heavy (non-hydrogen) atoms. The molecule has 6 heteroatoms. The van der Waals surface area contributed by atoms with Gasteiger partial charge in [-0.1, -0.05) is 35.9 Å². The summed E-state index contributed by atoms with van der Waals surface area (Å²) in [7, 11) is 0. The van der Waals surface area contributed by atoms with Gasteiger partial charge in [0.25, 0.3) is 0 Å². The normalized spacial score (nSPS) is 13.8. The van der Waals surface area contributed by atoms with Gasteiger partial charge in [-0.15, -0.1) is 0 Å². The van der Waals surface area contributed by atoms with Crippen molar-refractivity contribution in [3.63, 3.8) is 0 Å². The highest BCUT2D eigenvalue weighted by molar-refractivity contribution is 6.30. The zero-order chi connectivity index (χ0) is 18.0. The Balaban J connectivity index is 1.82. The van der Waals surface area contributed by atoms with Gasteiger partial charge in [0.1, 0.15) is 5.82 Å². The molecule has 0 saturated heterocycles. The Morgan fingerprint density at radius 1 is 1.12 bits per heavy atom. The lowest BCUT2D eigenvalue weighted by Gasteiger charge is -2.09. The first kappa shape index (κ1) is 17.2. The quantitative estimate of drug-likeness (QED) is 0.761. The predicted molar refractivity (Wildman–Crippen MR) is 95.1 cm³/mol. The van der Waals surface area contributed by atoms with Gasteiger partial charge < -0.3 is 10.4 Å². The van der Waals surface area contributed by atoms with Crippen molar-refractivity contribution < 1.29 is 19.1 Å². The van der Waals surface area contributed by atoms with Crippen LogP contribution >= 0.6 is 11.6 Å². The number of hydrogen-bond donors (Lipinski definition) is 2. The van der Waals surface area contributed by atoms with Crippen molar-refractivity contribution in [3.8, 4) is 0 Å². The molecule has 1 aliphatic rings. The number of carbonyl (C=O) groups is 2. The van der Waals surface area contributed by atoms with E-state index in [-0.39, 0.29) is 28.1 Å². The average molecular weight is 360 g/mol. The maximum Gasteiger partial charge on any atom is 0.337 e. The topological polar surface area (TPSA) is 66.4 Å². The summed E-state index contributed by atoms with van der Waals surface area (Å²) in [5, 5.41) is 12.1. The van der Waals surface area contributed by atoms with Crippen molar-refractivity contribution in [2.75, 3.05) is 5.32 Å². The number of halogens is 2. The summed E-state index contributed by atoms with van der Waals surface area (Å²) < 4.78 is 13.4. The first-order valence-electron chi connectivity index (χ1n) is 7.75. The summed E-state index contributed by atoms with van der Waals surface area (Å²) in [6.07, 6.45) is 5.00. The van der Waals surface area contributed by atoms with Gasteiger partial charge in [-0.25, -0.2) is 9.18 Å². The molecule has 2 N–H and O–H groups in total. The predicted octanol–water partition coefficient (Wildman–Crippen LogP) is 4.70. The van der Waals surface area contributed by atoms with Crippen LogP contribution in [0.5, 0.6) is 0 Å². The lowest BCUT2D eigenvalue weighted by atomic mass is 10.1. The van der Waals surface area contributed by atoms with Crippen LogP contribution in [-0.2, 0) is 4.79 Å². The third-order valence-electron chi connectivity index (χ3n) is 3.89. The van der Waals surface area contributed by atoms with Crippen LogP contribution in [0.1, 0.15) is 34.3 Å². The molecule has 0 bridgehead atoms. The van der Waals surface area contributed by atoms with Gasteiger partial charge in [-0.3, -0.25) is 4.79 Å². The molecule has 128 valence electrons. The highest BCUT2D eigenvalue weighted by atomic mass is 35.5. The molecule has 0 atom stereocenters. The van der Waals surface area contributed by atoms with Crippen molar-refractivity contribution >= 4 is 41.3 Å². The van der Waals surface area contributed by atoms with E-state index in [1.165, 1.54) is 18.2 Å². The molecular formula is C19H15ClFNO3. The number of aromatic carboxylic acids is 1. The second kappa shape index (κ2) is 7.07. The fourth-order valence-electron chi connectivity index (χ4n) is 2.34. The largest absolute Gasteiger partial charge is 0.478 e. The SMILES string of the molecule is O=C(O)c1cc(C=Cc2ccc(Cl)c(F)c2)ccc1NC(=O)C1CC1. The van der Waals surface area contributed by atoms with Crippen LogP contribution in [0.4, 0.5) is 10.1 Å². The van der Waals surface area contributed by atoms with E-state index in [4.69, 9.17) is 11.6 Å². The summed E-state index contributed by atoms with van der Waals surface area (Å²) in [5.41, 5.74) is 1.51. The molecule has 0 aliphatic heterocycles. The molecule has 0 aromatic heterocycles. The van der Waals surface area contributed by atoms with Gasteiger partial charge in [0, 0.05) is 5.92 Å². The molecular weight excluding hydrogens is 345 g/mol. The molecule has 1 aliphatic carbocycles. The molecule has 0 unspecified atom stereocenters. The fourth-order valence-corrected chi connectivity index (χ4v) is 2.46. The first-order valence-corrected chi connectivity index (χ1v) is 8.13. The maximum absolute atomic E-state index is 13.4. The smallest absolute Gasteiger partial charge is 0.337 e. The van der Waals surface area contributed by atoms with Crippen LogP contribution in [0.3, 0.4) is 0 Å². The highest BCUT2D eigenvalue weighted by Gasteiger charge is 2.30. The van der Waals surface area contributed by atoms with Crippen LogP contribution in [-0.4, -0.2) is 17.0 Å². The summed E-state index contributed by atoms with van der Waals surface area (Å²) >= 11 is 5.64. The van der Waals surface area contributed by atoms with Gasteiger partial charge in [0.05, 0.1) is 16.3 Å². The fraction of sp³-hybridized carbons (Fsp3) is 0.158. The molecule has 0 spiro atoms.